The van der Waals surface area contributed by atoms with E-state index in [4.69, 9.17) is 0 Å². The van der Waals surface area contributed by atoms with Crippen molar-refractivity contribution in [2.75, 3.05) is 4.72 Å². The minimum Gasteiger partial charge on any atom is -0.435 e. The fourth-order valence-electron chi connectivity index (χ4n) is 2.89. The molecule has 4 nitrogen and oxygen atoms in total. The molecule has 2 N–H and O–H groups in total. The molecule has 0 saturated heterocycles. The molecular formula is C23H23F2N3OS. The van der Waals surface area contributed by atoms with Gasteiger partial charge in [0.1, 0.15) is 11.8 Å². The SMILES string of the molecule is CC1CC1.N#Cc1c(-c2ccc(NSC3CC3)cc2)[nH]c2cc(OC(F)F)ccc12. The summed E-state index contributed by atoms with van der Waals surface area (Å²) in [6.45, 7) is -0.606. The maximum Gasteiger partial charge on any atom is 0.387 e. The number of aromatic amines is 1. The molecule has 0 aliphatic heterocycles. The number of alkyl halides is 2. The van der Waals surface area contributed by atoms with Crippen molar-refractivity contribution in [3.8, 4) is 23.1 Å². The van der Waals surface area contributed by atoms with E-state index in [0.717, 1.165) is 17.2 Å². The number of ether oxygens (including phenoxy) is 1. The Labute approximate surface area is 178 Å². The van der Waals surface area contributed by atoms with Crippen molar-refractivity contribution in [2.45, 2.75) is 44.5 Å². The van der Waals surface area contributed by atoms with Crippen LogP contribution in [0.25, 0.3) is 22.2 Å². The van der Waals surface area contributed by atoms with Gasteiger partial charge < -0.3 is 14.4 Å². The van der Waals surface area contributed by atoms with Crippen LogP contribution in [0.15, 0.2) is 42.5 Å². The third-order valence-corrected chi connectivity index (χ3v) is 6.17. The van der Waals surface area contributed by atoms with Crippen molar-refractivity contribution in [1.29, 1.82) is 5.26 Å². The van der Waals surface area contributed by atoms with Crippen LogP contribution in [0, 0.1) is 17.2 Å². The Morgan fingerprint density at radius 3 is 2.40 bits per heavy atom. The van der Waals surface area contributed by atoms with Crippen LogP contribution in [0.5, 0.6) is 5.75 Å². The Bertz CT molecular complexity index is 1050. The van der Waals surface area contributed by atoms with Gasteiger partial charge in [0.05, 0.1) is 16.8 Å². The van der Waals surface area contributed by atoms with Gasteiger partial charge in [-0.05, 0) is 60.5 Å². The van der Waals surface area contributed by atoms with E-state index in [1.54, 1.807) is 18.0 Å². The van der Waals surface area contributed by atoms with Gasteiger partial charge in [-0.2, -0.15) is 14.0 Å². The summed E-state index contributed by atoms with van der Waals surface area (Å²) < 4.78 is 32.5. The van der Waals surface area contributed by atoms with Crippen molar-refractivity contribution in [3.05, 3.63) is 48.0 Å². The molecule has 5 rings (SSSR count). The highest BCUT2D eigenvalue weighted by atomic mass is 32.2. The van der Waals surface area contributed by atoms with Gasteiger partial charge in [-0.25, -0.2) is 0 Å². The van der Waals surface area contributed by atoms with E-state index < -0.39 is 6.61 Å². The Kier molecular flexibility index (Phi) is 6.14. The molecule has 0 atom stereocenters. The van der Waals surface area contributed by atoms with E-state index >= 15 is 0 Å². The lowest BCUT2D eigenvalue weighted by atomic mass is 10.1. The fourth-order valence-corrected chi connectivity index (χ4v) is 3.70. The average molecular weight is 428 g/mol. The van der Waals surface area contributed by atoms with Crippen LogP contribution in [0.4, 0.5) is 14.5 Å². The number of aromatic nitrogens is 1. The van der Waals surface area contributed by atoms with Crippen LogP contribution in [0.3, 0.4) is 0 Å². The van der Waals surface area contributed by atoms with E-state index in [2.05, 4.69) is 27.4 Å². The van der Waals surface area contributed by atoms with Crippen LogP contribution in [-0.2, 0) is 0 Å². The molecule has 0 amide bonds. The zero-order valence-electron chi connectivity index (χ0n) is 16.6. The molecule has 30 heavy (non-hydrogen) atoms. The Hall–Kier alpha value is -2.72. The molecule has 0 bridgehead atoms. The van der Waals surface area contributed by atoms with Crippen molar-refractivity contribution in [3.63, 3.8) is 0 Å². The minimum absolute atomic E-state index is 0.0569. The Balaban J connectivity index is 0.000000489. The van der Waals surface area contributed by atoms with E-state index in [1.807, 2.05) is 24.3 Å². The molecule has 2 fully saturated rings. The number of hydrogen-bond donors (Lipinski definition) is 2. The summed E-state index contributed by atoms with van der Waals surface area (Å²) >= 11 is 1.73. The van der Waals surface area contributed by atoms with E-state index in [9.17, 15) is 14.0 Å². The number of nitriles is 1. The van der Waals surface area contributed by atoms with Crippen LogP contribution < -0.4 is 9.46 Å². The number of anilines is 1. The number of nitrogens with zero attached hydrogens (tertiary/aromatic N) is 1. The van der Waals surface area contributed by atoms with E-state index in [0.29, 0.717) is 27.4 Å². The molecule has 2 aliphatic rings. The highest BCUT2D eigenvalue weighted by Crippen LogP contribution is 2.36. The molecule has 1 aromatic heterocycles. The van der Waals surface area contributed by atoms with Gasteiger partial charge in [0.2, 0.25) is 0 Å². The molecule has 7 heteroatoms. The average Bonchev–Trinajstić information content (AvgIpc) is 3.66. The summed E-state index contributed by atoms with van der Waals surface area (Å²) in [5, 5.41) is 10.9. The van der Waals surface area contributed by atoms with Crippen molar-refractivity contribution in [1.82, 2.24) is 4.98 Å². The predicted molar refractivity (Wildman–Crippen MR) is 118 cm³/mol. The second-order valence-electron chi connectivity index (χ2n) is 7.75. The number of benzene rings is 2. The zero-order valence-corrected chi connectivity index (χ0v) is 17.4. The molecule has 0 radical (unpaired) electrons. The predicted octanol–water partition coefficient (Wildman–Crippen LogP) is 6.95. The monoisotopic (exact) mass is 427 g/mol. The van der Waals surface area contributed by atoms with Crippen molar-refractivity contribution < 1.29 is 13.5 Å². The molecule has 2 saturated carbocycles. The van der Waals surface area contributed by atoms with Gasteiger partial charge >= 0.3 is 6.61 Å². The first kappa shape index (κ1) is 20.5. The zero-order chi connectivity index (χ0) is 21.1. The lowest BCUT2D eigenvalue weighted by Gasteiger charge is -2.05. The van der Waals surface area contributed by atoms with Gasteiger partial charge in [0.15, 0.2) is 0 Å². The smallest absolute Gasteiger partial charge is 0.387 e. The summed E-state index contributed by atoms with van der Waals surface area (Å²) in [6.07, 6.45) is 5.49. The number of fused-ring (bicyclic) bond motifs is 1. The molecule has 156 valence electrons. The lowest BCUT2D eigenvalue weighted by Crippen LogP contribution is -2.01. The first-order chi connectivity index (χ1) is 14.5. The van der Waals surface area contributed by atoms with Crippen molar-refractivity contribution >= 4 is 28.5 Å². The van der Waals surface area contributed by atoms with Gasteiger partial charge in [-0.1, -0.05) is 31.9 Å². The molecule has 3 aromatic rings. The standard InChI is InChI=1S/C19H15F2N3OS.C4H8/c20-19(21)25-13-5-8-15-16(10-22)18(23-17(15)9-13)11-1-3-12(4-2-11)24-26-14-6-7-14;1-4-2-3-4/h1-5,8-9,14,19,23-24H,6-7H2;4H,2-3H2,1H3. The van der Waals surface area contributed by atoms with Crippen LogP contribution in [0.1, 0.15) is 38.2 Å². The number of hydrogen-bond acceptors (Lipinski definition) is 4. The van der Waals surface area contributed by atoms with E-state index in [-0.39, 0.29) is 5.75 Å². The molecule has 0 unspecified atom stereocenters. The fraction of sp³-hybridized carbons (Fsp3) is 0.348. The van der Waals surface area contributed by atoms with Gasteiger partial charge in [0, 0.05) is 22.4 Å². The highest BCUT2D eigenvalue weighted by molar-refractivity contribution is 8.01. The minimum atomic E-state index is -2.88. The van der Waals surface area contributed by atoms with Crippen LogP contribution in [-0.4, -0.2) is 16.8 Å². The number of rotatable bonds is 6. The summed E-state index contributed by atoms with van der Waals surface area (Å²) in [5.74, 6) is 1.14. The molecule has 2 aromatic carbocycles. The molecule has 1 heterocycles. The summed E-state index contributed by atoms with van der Waals surface area (Å²) in [6, 6.07) is 14.5. The first-order valence-electron chi connectivity index (χ1n) is 10.1. The highest BCUT2D eigenvalue weighted by Gasteiger charge is 2.22. The maximum absolute atomic E-state index is 12.4. The second-order valence-corrected chi connectivity index (χ2v) is 8.86. The van der Waals surface area contributed by atoms with E-state index in [1.165, 1.54) is 37.8 Å². The van der Waals surface area contributed by atoms with Gasteiger partial charge in [0.25, 0.3) is 0 Å². The maximum atomic E-state index is 12.4. The molecule has 2 aliphatic carbocycles. The third kappa shape index (κ3) is 5.25. The summed E-state index contributed by atoms with van der Waals surface area (Å²) in [4.78, 5) is 3.15. The normalized spacial score (nSPS) is 15.4. The van der Waals surface area contributed by atoms with Crippen molar-refractivity contribution in [2.24, 2.45) is 5.92 Å². The topological polar surface area (TPSA) is 60.8 Å². The van der Waals surface area contributed by atoms with Gasteiger partial charge in [-0.3, -0.25) is 0 Å². The summed E-state index contributed by atoms with van der Waals surface area (Å²) in [7, 11) is 0. The quantitative estimate of drug-likeness (QED) is 0.418. The lowest BCUT2D eigenvalue weighted by molar-refractivity contribution is -0.0497. The first-order valence-corrected chi connectivity index (χ1v) is 10.9. The largest absolute Gasteiger partial charge is 0.435 e. The summed E-state index contributed by atoms with van der Waals surface area (Å²) in [5.41, 5.74) is 3.60. The second kappa shape index (κ2) is 8.97. The van der Waals surface area contributed by atoms with Crippen LogP contribution >= 0.6 is 11.9 Å². The number of H-pyrrole nitrogens is 1. The van der Waals surface area contributed by atoms with Gasteiger partial charge in [-0.15, -0.1) is 0 Å². The molecular weight excluding hydrogens is 404 g/mol. The Morgan fingerprint density at radius 2 is 1.83 bits per heavy atom. The Morgan fingerprint density at radius 1 is 1.13 bits per heavy atom. The van der Waals surface area contributed by atoms with Crippen LogP contribution in [0.2, 0.25) is 0 Å². The molecule has 0 spiro atoms. The number of nitrogens with one attached hydrogen (secondary N) is 2. The third-order valence-electron chi connectivity index (χ3n) is 5.01. The number of halogens is 2.